The highest BCUT2D eigenvalue weighted by Gasteiger charge is 2.19. The van der Waals surface area contributed by atoms with Crippen molar-refractivity contribution in [1.82, 2.24) is 9.97 Å². The normalized spacial score (nSPS) is 13.2. The smallest absolute Gasteiger partial charge is 0.260 e. The minimum Gasteiger partial charge on any atom is -0.454 e. The summed E-state index contributed by atoms with van der Waals surface area (Å²) in [6.07, 6.45) is 1.60. The van der Waals surface area contributed by atoms with Gasteiger partial charge >= 0.3 is 0 Å². The third-order valence-corrected chi connectivity index (χ3v) is 5.56. The maximum atomic E-state index is 12.4. The second-order valence-corrected chi connectivity index (χ2v) is 7.39. The topological polar surface area (TPSA) is 88.0 Å². The molecule has 6 nitrogen and oxygen atoms in total. The van der Waals surface area contributed by atoms with Crippen molar-refractivity contribution in [3.05, 3.63) is 49.3 Å². The molecule has 1 aromatic carbocycles. The molecule has 3 heterocycles. The van der Waals surface area contributed by atoms with E-state index in [-0.39, 0.29) is 23.7 Å². The van der Waals surface area contributed by atoms with Crippen LogP contribution in [0, 0.1) is 25.2 Å². The average Bonchev–Trinajstić information content (AvgIpc) is 3.18. The number of aryl methyl sites for hydroxylation is 2. The molecule has 1 N–H and O–H groups in total. The molecule has 3 aromatic rings. The molecule has 1 aliphatic rings. The highest BCUT2D eigenvalue weighted by atomic mass is 35.5. The van der Waals surface area contributed by atoms with E-state index in [2.05, 4.69) is 16.0 Å². The van der Waals surface area contributed by atoms with Gasteiger partial charge in [0.25, 0.3) is 5.56 Å². The Morgan fingerprint density at radius 3 is 3.00 bits per heavy atom. The minimum absolute atomic E-state index is 0.107. The first-order chi connectivity index (χ1) is 12.5. The second kappa shape index (κ2) is 6.16. The van der Waals surface area contributed by atoms with Crippen molar-refractivity contribution in [2.75, 3.05) is 6.79 Å². The number of benzene rings is 1. The molecule has 0 fully saturated rings. The Bertz CT molecular complexity index is 1190. The van der Waals surface area contributed by atoms with E-state index in [1.165, 1.54) is 11.3 Å². The molecular weight excluding hydrogens is 374 g/mol. The summed E-state index contributed by atoms with van der Waals surface area (Å²) in [4.78, 5) is 21.2. The van der Waals surface area contributed by atoms with Gasteiger partial charge in [-0.15, -0.1) is 11.3 Å². The average molecular weight is 386 g/mol. The van der Waals surface area contributed by atoms with Gasteiger partial charge in [-0.2, -0.15) is 5.26 Å². The van der Waals surface area contributed by atoms with E-state index in [1.807, 2.05) is 13.8 Å². The molecule has 0 saturated heterocycles. The van der Waals surface area contributed by atoms with Gasteiger partial charge in [-0.25, -0.2) is 4.98 Å². The number of ether oxygens (including phenoxy) is 2. The number of thiophene rings is 1. The first-order valence-corrected chi connectivity index (χ1v) is 8.88. The zero-order chi connectivity index (χ0) is 18.4. The van der Waals surface area contributed by atoms with Gasteiger partial charge in [-0.05, 0) is 43.2 Å². The summed E-state index contributed by atoms with van der Waals surface area (Å²) in [6, 6.07) is 5.48. The number of hydrogen-bond donors (Lipinski definition) is 1. The summed E-state index contributed by atoms with van der Waals surface area (Å²) < 4.78 is 10.6. The summed E-state index contributed by atoms with van der Waals surface area (Å²) in [5.41, 5.74) is 1.53. The maximum Gasteiger partial charge on any atom is 0.260 e. The van der Waals surface area contributed by atoms with E-state index in [0.29, 0.717) is 32.3 Å². The zero-order valence-electron chi connectivity index (χ0n) is 13.8. The van der Waals surface area contributed by atoms with Crippen molar-refractivity contribution in [1.29, 1.82) is 5.26 Å². The molecule has 0 amide bonds. The quantitative estimate of drug-likeness (QED) is 0.672. The van der Waals surface area contributed by atoms with Crippen molar-refractivity contribution in [3.8, 4) is 17.6 Å². The van der Waals surface area contributed by atoms with Gasteiger partial charge in [0, 0.05) is 4.88 Å². The van der Waals surface area contributed by atoms with Gasteiger partial charge in [0.2, 0.25) is 6.79 Å². The Morgan fingerprint density at radius 2 is 2.23 bits per heavy atom. The van der Waals surface area contributed by atoms with E-state index in [1.54, 1.807) is 18.2 Å². The molecular formula is C18H12ClN3O3S. The first kappa shape index (κ1) is 16.6. The lowest BCUT2D eigenvalue weighted by molar-refractivity contribution is 0.174. The zero-order valence-corrected chi connectivity index (χ0v) is 15.4. The highest BCUT2D eigenvalue weighted by Crippen LogP contribution is 2.40. The summed E-state index contributed by atoms with van der Waals surface area (Å²) in [6.45, 7) is 3.94. The molecule has 0 bridgehead atoms. The fourth-order valence-electron chi connectivity index (χ4n) is 2.77. The number of H-pyrrole nitrogens is 1. The fraction of sp³-hybridized carbons (Fsp3) is 0.167. The van der Waals surface area contributed by atoms with Crippen LogP contribution in [-0.2, 0) is 0 Å². The molecule has 4 rings (SSSR count). The number of nitrogens with zero attached hydrogens (tertiary/aromatic N) is 2. The molecule has 0 spiro atoms. The Morgan fingerprint density at radius 1 is 1.42 bits per heavy atom. The van der Waals surface area contributed by atoms with E-state index in [9.17, 15) is 10.1 Å². The van der Waals surface area contributed by atoms with Crippen LogP contribution in [0.5, 0.6) is 11.5 Å². The highest BCUT2D eigenvalue weighted by molar-refractivity contribution is 7.18. The molecule has 1 aliphatic heterocycles. The van der Waals surface area contributed by atoms with E-state index in [0.717, 1.165) is 10.4 Å². The van der Waals surface area contributed by atoms with Gasteiger partial charge < -0.3 is 14.5 Å². The maximum absolute atomic E-state index is 12.4. The van der Waals surface area contributed by atoms with Crippen LogP contribution in [0.3, 0.4) is 0 Å². The number of aromatic amines is 1. The predicted molar refractivity (Wildman–Crippen MR) is 101 cm³/mol. The Hall–Kier alpha value is -2.82. The molecule has 0 atom stereocenters. The third-order valence-electron chi connectivity index (χ3n) is 4.18. The van der Waals surface area contributed by atoms with Crippen molar-refractivity contribution < 1.29 is 9.47 Å². The van der Waals surface area contributed by atoms with Crippen LogP contribution < -0.4 is 15.0 Å². The number of allylic oxidation sites excluding steroid dienone is 1. The van der Waals surface area contributed by atoms with Gasteiger partial charge in [0.05, 0.1) is 16.0 Å². The number of hydrogen-bond acceptors (Lipinski definition) is 6. The molecule has 130 valence electrons. The van der Waals surface area contributed by atoms with Crippen LogP contribution in [0.1, 0.15) is 21.8 Å². The number of fused-ring (bicyclic) bond motifs is 2. The number of nitriles is 1. The number of rotatable bonds is 2. The second-order valence-electron chi connectivity index (χ2n) is 5.78. The fourth-order valence-corrected chi connectivity index (χ4v) is 4.08. The van der Waals surface area contributed by atoms with Gasteiger partial charge in [0.15, 0.2) is 17.3 Å². The van der Waals surface area contributed by atoms with Crippen LogP contribution >= 0.6 is 22.9 Å². The van der Waals surface area contributed by atoms with Gasteiger partial charge in [-0.1, -0.05) is 11.6 Å². The van der Waals surface area contributed by atoms with Crippen LogP contribution in [0.4, 0.5) is 0 Å². The summed E-state index contributed by atoms with van der Waals surface area (Å²) >= 11 is 7.62. The van der Waals surface area contributed by atoms with Crippen molar-refractivity contribution >= 4 is 44.8 Å². The molecule has 26 heavy (non-hydrogen) atoms. The van der Waals surface area contributed by atoms with Crippen molar-refractivity contribution in [2.45, 2.75) is 13.8 Å². The SMILES string of the molecule is Cc1sc2nc(/C(C#N)=C/c3cc(Cl)c4c(c3)OCO4)[nH]c(=O)c2c1C. The Labute approximate surface area is 157 Å². The van der Waals surface area contributed by atoms with E-state index in [4.69, 9.17) is 21.1 Å². The van der Waals surface area contributed by atoms with Gasteiger partial charge in [-0.3, -0.25) is 4.79 Å². The van der Waals surface area contributed by atoms with Crippen molar-refractivity contribution in [3.63, 3.8) is 0 Å². The molecule has 0 aliphatic carbocycles. The van der Waals surface area contributed by atoms with E-state index >= 15 is 0 Å². The molecule has 0 radical (unpaired) electrons. The Kier molecular flexibility index (Phi) is 3.94. The number of halogens is 1. The lowest BCUT2D eigenvalue weighted by atomic mass is 10.1. The van der Waals surface area contributed by atoms with Crippen LogP contribution in [-0.4, -0.2) is 16.8 Å². The molecule has 2 aromatic heterocycles. The number of aromatic nitrogens is 2. The molecule has 0 unspecified atom stereocenters. The van der Waals surface area contributed by atoms with Gasteiger partial charge in [0.1, 0.15) is 10.9 Å². The van der Waals surface area contributed by atoms with Crippen molar-refractivity contribution in [2.24, 2.45) is 0 Å². The molecule has 0 saturated carbocycles. The number of nitrogens with one attached hydrogen (secondary N) is 1. The monoisotopic (exact) mass is 385 g/mol. The summed E-state index contributed by atoms with van der Waals surface area (Å²) in [5, 5.41) is 10.5. The lowest BCUT2D eigenvalue weighted by Gasteiger charge is -2.03. The lowest BCUT2D eigenvalue weighted by Crippen LogP contribution is -2.10. The van der Waals surface area contributed by atoms with Crippen LogP contribution in [0.2, 0.25) is 5.02 Å². The van der Waals surface area contributed by atoms with E-state index < -0.39 is 0 Å². The first-order valence-electron chi connectivity index (χ1n) is 7.69. The summed E-state index contributed by atoms with van der Waals surface area (Å²) in [5.74, 6) is 1.22. The predicted octanol–water partition coefficient (Wildman–Crippen LogP) is 4.05. The molecule has 8 heteroatoms. The minimum atomic E-state index is -0.253. The largest absolute Gasteiger partial charge is 0.454 e. The third kappa shape index (κ3) is 2.64. The standard InChI is InChI=1S/C18H12ClN3O3S/c1-8-9(2)26-18-14(8)17(23)21-16(22-18)11(6-20)3-10-4-12(19)15-13(5-10)24-7-25-15/h3-5H,7H2,1-2H3,(H,21,22,23)/b11-3+. The van der Waals surface area contributed by atoms with Crippen LogP contribution in [0.25, 0.3) is 21.9 Å². The van der Waals surface area contributed by atoms with Crippen LogP contribution in [0.15, 0.2) is 16.9 Å². The summed E-state index contributed by atoms with van der Waals surface area (Å²) in [7, 11) is 0. The Balaban J connectivity index is 1.85.